The molecule has 0 amide bonds. The number of unbranched alkanes of at least 4 members (excludes halogenated alkanes) is 17. The number of aryl methyl sites for hydroxylation is 2. The third-order valence-corrected chi connectivity index (χ3v) is 10.5. The van der Waals surface area contributed by atoms with E-state index in [9.17, 15) is 13.0 Å². The highest BCUT2D eigenvalue weighted by Crippen LogP contribution is 2.25. The van der Waals surface area contributed by atoms with E-state index in [1.54, 1.807) is 23.5 Å². The smallest absolute Gasteiger partial charge is 0.224 e. The van der Waals surface area contributed by atoms with Crippen molar-refractivity contribution in [3.05, 3.63) is 46.9 Å². The van der Waals surface area contributed by atoms with E-state index in [1.165, 1.54) is 147 Å². The maximum Gasteiger partial charge on any atom is 0.224 e. The van der Waals surface area contributed by atoms with Gasteiger partial charge in [0.15, 0.2) is 6.20 Å². The number of benzene rings is 1. The van der Waals surface area contributed by atoms with Gasteiger partial charge in [-0.1, -0.05) is 139 Å². The lowest BCUT2D eigenvalue weighted by molar-refractivity contribution is -0.692. The Balaban J connectivity index is 0.000000562. The standard InChI is InChI=1S/C31H58NO2S.C7H8O3S/c1-2-3-4-5-6-7-8-9-10-11-12-13-14-15-18-21-30-26-31(34-27-30)28-33-24-20-17-16-19-22-32-23-25-35-29-32;1-6-2-4-7(5-3-6)11(8,9)10/h23,25,29-31H,2-22,24,26-28H2,1H3;2-5H,1H3,(H,8,9,10)/q+1;/p-1/t30-,31+;/m1./s1. The molecule has 0 radical (unpaired) electrons. The summed E-state index contributed by atoms with van der Waals surface area (Å²) >= 11 is 1.77. The summed E-state index contributed by atoms with van der Waals surface area (Å²) in [7, 11) is -4.27. The third-order valence-electron chi connectivity index (χ3n) is 8.98. The second-order valence-electron chi connectivity index (χ2n) is 13.3. The molecule has 8 heteroatoms. The molecule has 1 aliphatic heterocycles. The van der Waals surface area contributed by atoms with E-state index in [2.05, 4.69) is 28.6 Å². The van der Waals surface area contributed by atoms with Gasteiger partial charge in [-0.3, -0.25) is 0 Å². The van der Waals surface area contributed by atoms with Crippen LogP contribution in [0.5, 0.6) is 0 Å². The molecule has 1 aromatic carbocycles. The molecule has 2 heterocycles. The average molecular weight is 680 g/mol. The summed E-state index contributed by atoms with van der Waals surface area (Å²) in [4.78, 5) is -0.178. The SMILES string of the molecule is CCCCCCCCCCCCCCCCC[C@H]1CO[C@H](COCCCCCC[n+]2ccsc2)C1.Cc1ccc(S(=O)(=O)[O-])cc1. The number of hydrogen-bond donors (Lipinski definition) is 0. The summed E-state index contributed by atoms with van der Waals surface area (Å²) in [6.07, 6.45) is 31.8. The van der Waals surface area contributed by atoms with E-state index >= 15 is 0 Å². The van der Waals surface area contributed by atoms with E-state index in [0.717, 1.165) is 37.8 Å². The minimum Gasteiger partial charge on any atom is -0.744 e. The minimum atomic E-state index is -4.27. The van der Waals surface area contributed by atoms with Crippen molar-refractivity contribution in [1.82, 2.24) is 0 Å². The summed E-state index contributed by atoms with van der Waals surface area (Å²) < 4.78 is 45.4. The molecule has 1 aromatic heterocycles. The fraction of sp³-hybridized carbons (Fsp3) is 0.763. The molecule has 2 aromatic rings. The Morgan fingerprint density at radius 3 is 1.96 bits per heavy atom. The first kappa shape index (κ1) is 40.9. The van der Waals surface area contributed by atoms with Crippen LogP contribution >= 0.6 is 11.3 Å². The summed E-state index contributed by atoms with van der Waals surface area (Å²) in [5.41, 5.74) is 3.12. The van der Waals surface area contributed by atoms with E-state index in [0.29, 0.717) is 6.10 Å². The Morgan fingerprint density at radius 1 is 0.826 bits per heavy atom. The van der Waals surface area contributed by atoms with Crippen LogP contribution in [0.1, 0.15) is 147 Å². The molecule has 46 heavy (non-hydrogen) atoms. The van der Waals surface area contributed by atoms with Crippen LogP contribution in [0.25, 0.3) is 0 Å². The Bertz CT molecular complexity index is 1060. The van der Waals surface area contributed by atoms with E-state index in [1.807, 2.05) is 6.92 Å². The Hall–Kier alpha value is -1.32. The van der Waals surface area contributed by atoms with Crippen LogP contribution in [0.4, 0.5) is 0 Å². The molecule has 1 aliphatic rings. The van der Waals surface area contributed by atoms with Gasteiger partial charge in [0, 0.05) is 19.6 Å². The van der Waals surface area contributed by atoms with Crippen molar-refractivity contribution < 1.29 is 27.0 Å². The maximum atomic E-state index is 10.4. The molecule has 264 valence electrons. The average Bonchev–Trinajstić information content (AvgIpc) is 3.73. The van der Waals surface area contributed by atoms with Gasteiger partial charge in [-0.15, -0.1) is 0 Å². The molecule has 6 nitrogen and oxygen atoms in total. The summed E-state index contributed by atoms with van der Waals surface area (Å²) in [6.45, 7) is 7.94. The quantitative estimate of drug-likeness (QED) is 0.0562. The summed E-state index contributed by atoms with van der Waals surface area (Å²) in [5, 5.41) is 2.14. The summed E-state index contributed by atoms with van der Waals surface area (Å²) in [6, 6.07) is 5.78. The maximum absolute atomic E-state index is 10.4. The molecule has 1 fully saturated rings. The molecule has 2 atom stereocenters. The first-order valence-electron chi connectivity index (χ1n) is 18.5. The van der Waals surface area contributed by atoms with Crippen molar-refractivity contribution >= 4 is 21.5 Å². The lowest BCUT2D eigenvalue weighted by Crippen LogP contribution is -2.29. The second kappa shape index (κ2) is 26.6. The molecule has 0 saturated carbocycles. The molecule has 0 N–H and O–H groups in total. The molecule has 0 aliphatic carbocycles. The normalized spacial score (nSPS) is 16.4. The zero-order valence-corrected chi connectivity index (χ0v) is 30.8. The molecule has 0 spiro atoms. The third kappa shape index (κ3) is 21.5. The monoisotopic (exact) mass is 679 g/mol. The van der Waals surface area contributed by atoms with Crippen molar-refractivity contribution in [2.45, 2.75) is 166 Å². The molecule has 0 unspecified atom stereocenters. The van der Waals surface area contributed by atoms with E-state index < -0.39 is 10.1 Å². The molecular formula is C38H65NO5S2. The van der Waals surface area contributed by atoms with Gasteiger partial charge in [-0.25, -0.2) is 8.42 Å². The van der Waals surface area contributed by atoms with Crippen LogP contribution in [0, 0.1) is 12.8 Å². The van der Waals surface area contributed by atoms with Gasteiger partial charge in [-0.05, 0) is 50.7 Å². The van der Waals surface area contributed by atoms with Crippen molar-refractivity contribution in [3.8, 4) is 0 Å². The molecule has 1 saturated heterocycles. The highest BCUT2D eigenvalue weighted by atomic mass is 32.2. The predicted octanol–water partition coefficient (Wildman–Crippen LogP) is 10.2. The summed E-state index contributed by atoms with van der Waals surface area (Å²) in [5.74, 6) is 0.778. The number of rotatable bonds is 26. The number of nitrogens with zero attached hydrogens (tertiary/aromatic N) is 1. The molecule has 0 bridgehead atoms. The lowest BCUT2D eigenvalue weighted by atomic mass is 9.97. The first-order valence-corrected chi connectivity index (χ1v) is 20.9. The van der Waals surface area contributed by atoms with Gasteiger partial charge in [-0.2, -0.15) is 4.57 Å². The van der Waals surface area contributed by atoms with Gasteiger partial charge in [0.2, 0.25) is 5.51 Å². The van der Waals surface area contributed by atoms with Crippen LogP contribution in [-0.2, 0) is 26.1 Å². The number of aromatic nitrogens is 1. The van der Waals surface area contributed by atoms with Gasteiger partial charge in [0.1, 0.15) is 16.7 Å². The second-order valence-corrected chi connectivity index (χ2v) is 15.5. The van der Waals surface area contributed by atoms with Crippen LogP contribution in [0.15, 0.2) is 46.2 Å². The predicted molar refractivity (Wildman–Crippen MR) is 190 cm³/mol. The Kier molecular flexibility index (Phi) is 23.6. The topological polar surface area (TPSA) is 79.5 Å². The first-order chi connectivity index (χ1) is 22.4. The van der Waals surface area contributed by atoms with Crippen molar-refractivity contribution in [3.63, 3.8) is 0 Å². The number of hydrogen-bond acceptors (Lipinski definition) is 6. The van der Waals surface area contributed by atoms with Gasteiger partial charge >= 0.3 is 0 Å². The molecule has 3 rings (SSSR count). The largest absolute Gasteiger partial charge is 0.744 e. The van der Waals surface area contributed by atoms with Crippen LogP contribution in [-0.4, -0.2) is 38.9 Å². The van der Waals surface area contributed by atoms with Crippen molar-refractivity contribution in [1.29, 1.82) is 0 Å². The fourth-order valence-corrected chi connectivity index (χ4v) is 7.16. The number of thiazole rings is 1. The Labute approximate surface area is 286 Å². The van der Waals surface area contributed by atoms with Crippen LogP contribution in [0.3, 0.4) is 0 Å². The minimum absolute atomic E-state index is 0.178. The fourth-order valence-electron chi connectivity index (χ4n) is 6.06. The van der Waals surface area contributed by atoms with Crippen molar-refractivity contribution in [2.75, 3.05) is 19.8 Å². The van der Waals surface area contributed by atoms with Gasteiger partial charge < -0.3 is 14.0 Å². The number of ether oxygens (including phenoxy) is 2. The van der Waals surface area contributed by atoms with Gasteiger partial charge in [0.05, 0.1) is 23.0 Å². The Morgan fingerprint density at radius 2 is 1.39 bits per heavy atom. The van der Waals surface area contributed by atoms with Gasteiger partial charge in [0.25, 0.3) is 0 Å². The highest BCUT2D eigenvalue weighted by Gasteiger charge is 2.25. The molecular weight excluding hydrogens is 615 g/mol. The van der Waals surface area contributed by atoms with E-state index in [-0.39, 0.29) is 4.90 Å². The highest BCUT2D eigenvalue weighted by molar-refractivity contribution is 7.85. The van der Waals surface area contributed by atoms with Crippen molar-refractivity contribution in [2.24, 2.45) is 5.92 Å². The van der Waals surface area contributed by atoms with Crippen LogP contribution < -0.4 is 4.57 Å². The lowest BCUT2D eigenvalue weighted by Gasteiger charge is -2.10. The van der Waals surface area contributed by atoms with Crippen LogP contribution in [0.2, 0.25) is 0 Å². The van der Waals surface area contributed by atoms with E-state index in [4.69, 9.17) is 9.47 Å². The zero-order chi connectivity index (χ0) is 33.1. The zero-order valence-electron chi connectivity index (χ0n) is 29.2.